The third kappa shape index (κ3) is 6.78. The van der Waals surface area contributed by atoms with E-state index in [0.29, 0.717) is 18.7 Å². The Hall–Kier alpha value is -2.54. The molecule has 0 saturated heterocycles. The van der Waals surface area contributed by atoms with Crippen LogP contribution in [0.25, 0.3) is 0 Å². The van der Waals surface area contributed by atoms with Crippen molar-refractivity contribution in [1.82, 2.24) is 4.90 Å². The van der Waals surface area contributed by atoms with Gasteiger partial charge in [-0.15, -0.1) is 0 Å². The number of carbonyl (C=O) groups excluding carboxylic acids is 1. The van der Waals surface area contributed by atoms with Gasteiger partial charge in [0.1, 0.15) is 5.75 Å². The number of sulfonamides is 1. The van der Waals surface area contributed by atoms with E-state index in [2.05, 4.69) is 6.92 Å². The molecule has 0 heterocycles. The smallest absolute Gasteiger partial charge is 0.232 e. The van der Waals surface area contributed by atoms with E-state index in [-0.39, 0.29) is 18.9 Å². The van der Waals surface area contributed by atoms with Crippen molar-refractivity contribution in [2.75, 3.05) is 31.3 Å². The summed E-state index contributed by atoms with van der Waals surface area (Å²) in [6, 6.07) is 15.1. The van der Waals surface area contributed by atoms with Crippen LogP contribution >= 0.6 is 0 Å². The van der Waals surface area contributed by atoms with Gasteiger partial charge in [-0.25, -0.2) is 8.42 Å². The van der Waals surface area contributed by atoms with Gasteiger partial charge in [0.25, 0.3) is 0 Å². The first-order chi connectivity index (χ1) is 13.7. The molecule has 2 aromatic carbocycles. The first-order valence-electron chi connectivity index (χ1n) is 9.68. The number of benzene rings is 2. The SMILES string of the molecule is CCc1ccc(N(CCCC(=O)N(C)Cc2ccc(OC)cc2)S(C)(=O)=O)cc1. The quantitative estimate of drug-likeness (QED) is 0.593. The minimum atomic E-state index is -3.41. The fourth-order valence-corrected chi connectivity index (χ4v) is 4.01. The van der Waals surface area contributed by atoms with Crippen LogP contribution in [-0.4, -0.2) is 46.2 Å². The number of carbonyl (C=O) groups is 1. The predicted octanol–water partition coefficient (Wildman–Crippen LogP) is 3.46. The van der Waals surface area contributed by atoms with E-state index < -0.39 is 10.0 Å². The summed E-state index contributed by atoms with van der Waals surface area (Å²) in [5.41, 5.74) is 2.79. The van der Waals surface area contributed by atoms with Crippen molar-refractivity contribution in [2.45, 2.75) is 32.7 Å². The predicted molar refractivity (Wildman–Crippen MR) is 117 cm³/mol. The van der Waals surface area contributed by atoms with E-state index in [1.165, 1.54) is 10.6 Å². The molecule has 0 fully saturated rings. The van der Waals surface area contributed by atoms with Crippen molar-refractivity contribution >= 4 is 21.6 Å². The first-order valence-corrected chi connectivity index (χ1v) is 11.5. The molecule has 0 saturated carbocycles. The Kier molecular flexibility index (Phi) is 8.08. The maximum absolute atomic E-state index is 12.5. The number of ether oxygens (including phenoxy) is 1. The van der Waals surface area contributed by atoms with Gasteiger partial charge in [0.15, 0.2) is 0 Å². The van der Waals surface area contributed by atoms with E-state index in [9.17, 15) is 13.2 Å². The number of nitrogens with zero attached hydrogens (tertiary/aromatic N) is 2. The first kappa shape index (κ1) is 22.7. The van der Waals surface area contributed by atoms with Gasteiger partial charge in [0.05, 0.1) is 19.1 Å². The fraction of sp³-hybridized carbons (Fsp3) is 0.409. The standard InChI is InChI=1S/C22H30N2O4S/c1-5-18-8-12-20(13-9-18)24(29(4,26)27)16-6-7-22(25)23(2)17-19-10-14-21(28-3)15-11-19/h8-15H,5-7,16-17H2,1-4H3. The minimum Gasteiger partial charge on any atom is -0.497 e. The molecule has 0 aliphatic carbocycles. The van der Waals surface area contributed by atoms with Crippen LogP contribution in [0.2, 0.25) is 0 Å². The summed E-state index contributed by atoms with van der Waals surface area (Å²) in [5, 5.41) is 0. The topological polar surface area (TPSA) is 66.9 Å². The zero-order valence-electron chi connectivity index (χ0n) is 17.6. The molecule has 6 nitrogen and oxygen atoms in total. The molecule has 0 aliphatic heterocycles. The van der Waals surface area contributed by atoms with Crippen molar-refractivity contribution in [3.63, 3.8) is 0 Å². The second-order valence-corrected chi connectivity index (χ2v) is 8.96. The number of methoxy groups -OCH3 is 1. The van der Waals surface area contributed by atoms with Gasteiger partial charge < -0.3 is 9.64 Å². The van der Waals surface area contributed by atoms with Crippen molar-refractivity contribution < 1.29 is 17.9 Å². The fourth-order valence-electron chi connectivity index (χ4n) is 3.04. The second kappa shape index (κ2) is 10.3. The average molecular weight is 419 g/mol. The van der Waals surface area contributed by atoms with E-state index in [4.69, 9.17) is 4.74 Å². The number of anilines is 1. The molecule has 0 aliphatic rings. The molecule has 0 radical (unpaired) electrons. The van der Waals surface area contributed by atoms with E-state index in [0.717, 1.165) is 23.3 Å². The number of aryl methyl sites for hydroxylation is 1. The third-order valence-corrected chi connectivity index (χ3v) is 5.98. The molecule has 1 amide bonds. The lowest BCUT2D eigenvalue weighted by Gasteiger charge is -2.23. The Morgan fingerprint density at radius 2 is 1.59 bits per heavy atom. The number of hydrogen-bond donors (Lipinski definition) is 0. The molecule has 0 aromatic heterocycles. The van der Waals surface area contributed by atoms with Crippen molar-refractivity contribution in [1.29, 1.82) is 0 Å². The summed E-state index contributed by atoms with van der Waals surface area (Å²) >= 11 is 0. The molecule has 2 rings (SSSR count). The van der Waals surface area contributed by atoms with E-state index in [1.54, 1.807) is 19.1 Å². The zero-order valence-corrected chi connectivity index (χ0v) is 18.4. The van der Waals surface area contributed by atoms with Gasteiger partial charge in [0, 0.05) is 26.6 Å². The lowest BCUT2D eigenvalue weighted by Crippen LogP contribution is -2.32. The van der Waals surface area contributed by atoms with Gasteiger partial charge in [-0.1, -0.05) is 31.2 Å². The highest BCUT2D eigenvalue weighted by Gasteiger charge is 2.18. The Balaban J connectivity index is 1.92. The van der Waals surface area contributed by atoms with Gasteiger partial charge in [-0.3, -0.25) is 9.10 Å². The molecule has 0 unspecified atom stereocenters. The summed E-state index contributed by atoms with van der Waals surface area (Å²) in [5.74, 6) is 0.756. The van der Waals surface area contributed by atoms with Crippen LogP contribution < -0.4 is 9.04 Å². The Morgan fingerprint density at radius 1 is 1.00 bits per heavy atom. The van der Waals surface area contributed by atoms with Gasteiger partial charge in [-0.2, -0.15) is 0 Å². The molecule has 158 valence electrons. The molecule has 0 N–H and O–H groups in total. The van der Waals surface area contributed by atoms with Crippen LogP contribution in [0.1, 0.15) is 30.9 Å². The van der Waals surface area contributed by atoms with Gasteiger partial charge in [-0.05, 0) is 48.2 Å². The monoisotopic (exact) mass is 418 g/mol. The van der Waals surface area contributed by atoms with Crippen molar-refractivity contribution in [3.8, 4) is 5.75 Å². The second-order valence-electron chi connectivity index (χ2n) is 7.06. The maximum atomic E-state index is 12.5. The maximum Gasteiger partial charge on any atom is 0.232 e. The summed E-state index contributed by atoms with van der Waals surface area (Å²) in [6.07, 6.45) is 2.83. The van der Waals surface area contributed by atoms with Crippen LogP contribution in [0.5, 0.6) is 5.75 Å². The van der Waals surface area contributed by atoms with Crippen LogP contribution in [0.4, 0.5) is 5.69 Å². The largest absolute Gasteiger partial charge is 0.497 e. The summed E-state index contributed by atoms with van der Waals surface area (Å²) in [4.78, 5) is 14.1. The highest BCUT2D eigenvalue weighted by atomic mass is 32.2. The minimum absolute atomic E-state index is 0.0180. The van der Waals surface area contributed by atoms with Gasteiger partial charge >= 0.3 is 0 Å². The highest BCUT2D eigenvalue weighted by molar-refractivity contribution is 7.92. The Labute approximate surface area is 174 Å². The summed E-state index contributed by atoms with van der Waals surface area (Å²) < 4.78 is 30.9. The van der Waals surface area contributed by atoms with E-state index >= 15 is 0 Å². The van der Waals surface area contributed by atoms with Crippen molar-refractivity contribution in [3.05, 3.63) is 59.7 Å². The zero-order chi connectivity index (χ0) is 21.4. The molecule has 0 bridgehead atoms. The van der Waals surface area contributed by atoms with Crippen LogP contribution in [0, 0.1) is 0 Å². The molecule has 0 atom stereocenters. The van der Waals surface area contributed by atoms with E-state index in [1.807, 2.05) is 48.5 Å². The number of rotatable bonds is 10. The molecule has 2 aromatic rings. The summed E-state index contributed by atoms with van der Waals surface area (Å²) in [6.45, 7) is 2.82. The molecule has 29 heavy (non-hydrogen) atoms. The highest BCUT2D eigenvalue weighted by Crippen LogP contribution is 2.20. The molecule has 7 heteroatoms. The van der Waals surface area contributed by atoms with Crippen molar-refractivity contribution in [2.24, 2.45) is 0 Å². The molecule has 0 spiro atoms. The third-order valence-electron chi connectivity index (χ3n) is 4.79. The lowest BCUT2D eigenvalue weighted by molar-refractivity contribution is -0.130. The van der Waals surface area contributed by atoms with Crippen LogP contribution in [-0.2, 0) is 27.8 Å². The summed E-state index contributed by atoms with van der Waals surface area (Å²) in [7, 11) is -0.0463. The molecular weight excluding hydrogens is 388 g/mol. The van der Waals surface area contributed by atoms with Crippen LogP contribution in [0.15, 0.2) is 48.5 Å². The average Bonchev–Trinajstić information content (AvgIpc) is 2.70. The van der Waals surface area contributed by atoms with Gasteiger partial charge in [0.2, 0.25) is 15.9 Å². The Morgan fingerprint density at radius 3 is 2.10 bits per heavy atom. The Bertz CT molecular complexity index is 893. The lowest BCUT2D eigenvalue weighted by atomic mass is 10.1. The normalized spacial score (nSPS) is 11.2. The number of hydrogen-bond acceptors (Lipinski definition) is 4. The molecular formula is C22H30N2O4S. The van der Waals surface area contributed by atoms with Crippen LogP contribution in [0.3, 0.4) is 0 Å². The number of amides is 1.